The topological polar surface area (TPSA) is 101 Å². The van der Waals surface area contributed by atoms with E-state index in [1.54, 1.807) is 27.7 Å². The lowest BCUT2D eigenvalue weighted by Crippen LogP contribution is -2.16. The van der Waals surface area contributed by atoms with Gasteiger partial charge in [-0.05, 0) is 33.3 Å². The predicted molar refractivity (Wildman–Crippen MR) is 108 cm³/mol. The number of ether oxygens (including phenoxy) is 1. The summed E-state index contributed by atoms with van der Waals surface area (Å²) < 4.78 is 5.08. The molecule has 0 amide bonds. The molecule has 0 aliphatic carbocycles. The fraction of sp³-hybridized carbons (Fsp3) is 0.300. The third-order valence-electron chi connectivity index (χ3n) is 4.33. The molecule has 0 radical (unpaired) electrons. The molecule has 0 saturated heterocycles. The number of aryl methyl sites for hydroxylation is 1. The molecule has 0 saturated carbocycles. The minimum absolute atomic E-state index is 0.118. The fourth-order valence-corrected chi connectivity index (χ4v) is 3.73. The Balaban J connectivity index is 1.76. The van der Waals surface area contributed by atoms with E-state index in [0.717, 1.165) is 5.56 Å². The largest absolute Gasteiger partial charge is 0.462 e. The maximum atomic E-state index is 12.9. The van der Waals surface area contributed by atoms with Gasteiger partial charge in [0.05, 0.1) is 23.1 Å². The third-order valence-corrected chi connectivity index (χ3v) is 5.29. The van der Waals surface area contributed by atoms with Gasteiger partial charge in [0.15, 0.2) is 11.6 Å². The van der Waals surface area contributed by atoms with Crippen LogP contribution < -0.4 is 0 Å². The van der Waals surface area contributed by atoms with Gasteiger partial charge in [0.2, 0.25) is 5.16 Å². The van der Waals surface area contributed by atoms with Crippen LogP contribution in [-0.4, -0.2) is 43.8 Å². The van der Waals surface area contributed by atoms with E-state index in [-0.39, 0.29) is 12.4 Å². The van der Waals surface area contributed by atoms with Crippen molar-refractivity contribution in [3.05, 3.63) is 52.8 Å². The molecule has 0 bridgehead atoms. The number of carbonyl (C=O) groups excluding carboxylic acids is 2. The van der Waals surface area contributed by atoms with Crippen LogP contribution in [0.15, 0.2) is 35.5 Å². The van der Waals surface area contributed by atoms with Crippen molar-refractivity contribution in [3.8, 4) is 11.4 Å². The molecule has 0 unspecified atom stereocenters. The summed E-state index contributed by atoms with van der Waals surface area (Å²) in [5.74, 6) is 0.112. The zero-order valence-corrected chi connectivity index (χ0v) is 17.0. The number of aromatic nitrogens is 4. The number of ketones is 1. The van der Waals surface area contributed by atoms with Gasteiger partial charge in [-0.3, -0.25) is 9.89 Å². The second-order valence-corrected chi connectivity index (χ2v) is 7.61. The molecule has 8 heteroatoms. The monoisotopic (exact) mass is 398 g/mol. The van der Waals surface area contributed by atoms with Gasteiger partial charge < -0.3 is 9.72 Å². The summed E-state index contributed by atoms with van der Waals surface area (Å²) in [7, 11) is 0. The van der Waals surface area contributed by atoms with E-state index < -0.39 is 11.2 Å². The average Bonchev–Trinajstić information content (AvgIpc) is 3.26. The van der Waals surface area contributed by atoms with Gasteiger partial charge in [0.25, 0.3) is 0 Å². The molecule has 146 valence electrons. The lowest BCUT2D eigenvalue weighted by Gasteiger charge is -2.07. The van der Waals surface area contributed by atoms with Crippen molar-refractivity contribution in [2.24, 2.45) is 0 Å². The van der Waals surface area contributed by atoms with Crippen LogP contribution in [0.5, 0.6) is 0 Å². The van der Waals surface area contributed by atoms with Gasteiger partial charge in [-0.25, -0.2) is 9.78 Å². The zero-order valence-electron chi connectivity index (χ0n) is 16.2. The van der Waals surface area contributed by atoms with Crippen molar-refractivity contribution in [3.63, 3.8) is 0 Å². The summed E-state index contributed by atoms with van der Waals surface area (Å²) >= 11 is 1.27. The number of hydrogen-bond donors (Lipinski definition) is 2. The molecule has 0 aliphatic rings. The molecule has 7 nitrogen and oxygen atoms in total. The first-order chi connectivity index (χ1) is 13.4. The average molecular weight is 398 g/mol. The summed E-state index contributed by atoms with van der Waals surface area (Å²) in [5.41, 5.74) is 3.00. The van der Waals surface area contributed by atoms with Crippen molar-refractivity contribution in [2.75, 3.05) is 6.61 Å². The molecule has 2 heterocycles. The summed E-state index contributed by atoms with van der Waals surface area (Å²) in [4.78, 5) is 32.6. The molecule has 3 aromatic rings. The Kier molecular flexibility index (Phi) is 5.99. The number of hydrogen-bond acceptors (Lipinski definition) is 6. The van der Waals surface area contributed by atoms with Gasteiger partial charge in [-0.2, -0.15) is 0 Å². The Morgan fingerprint density at radius 1 is 1.21 bits per heavy atom. The number of carbonyl (C=O) groups is 2. The standard InChI is InChI=1S/C20H22N4O3S/c1-5-27-19(26)15-11(2)16(21-12(15)3)17(25)13(4)28-20-22-18(23-24-20)14-9-7-6-8-10-14/h6-10,13,21H,5H2,1-4H3,(H,22,23,24)/t13-/m1/s1. The highest BCUT2D eigenvalue weighted by molar-refractivity contribution is 8.00. The second kappa shape index (κ2) is 8.43. The van der Waals surface area contributed by atoms with E-state index in [1.165, 1.54) is 11.8 Å². The summed E-state index contributed by atoms with van der Waals surface area (Å²) in [6.07, 6.45) is 0. The first-order valence-corrected chi connectivity index (χ1v) is 9.85. The molecule has 0 spiro atoms. The number of aromatic amines is 2. The fourth-order valence-electron chi connectivity index (χ4n) is 2.94. The van der Waals surface area contributed by atoms with Crippen molar-refractivity contribution in [1.82, 2.24) is 20.2 Å². The molecule has 28 heavy (non-hydrogen) atoms. The van der Waals surface area contributed by atoms with Gasteiger partial charge >= 0.3 is 5.97 Å². The van der Waals surface area contributed by atoms with E-state index in [4.69, 9.17) is 4.74 Å². The minimum Gasteiger partial charge on any atom is -0.462 e. The van der Waals surface area contributed by atoms with Crippen LogP contribution in [0.2, 0.25) is 0 Å². The van der Waals surface area contributed by atoms with Crippen molar-refractivity contribution in [2.45, 2.75) is 38.1 Å². The highest BCUT2D eigenvalue weighted by Crippen LogP contribution is 2.27. The van der Waals surface area contributed by atoms with Crippen molar-refractivity contribution in [1.29, 1.82) is 0 Å². The van der Waals surface area contributed by atoms with Crippen LogP contribution in [0.1, 0.15) is 46.0 Å². The Bertz CT molecular complexity index is 994. The highest BCUT2D eigenvalue weighted by atomic mass is 32.2. The normalized spacial score (nSPS) is 12.0. The van der Waals surface area contributed by atoms with Crippen LogP contribution in [0, 0.1) is 13.8 Å². The molecule has 2 N–H and O–H groups in total. The molecular formula is C20H22N4O3S. The first-order valence-electron chi connectivity index (χ1n) is 8.97. The molecule has 2 aromatic heterocycles. The second-order valence-electron chi connectivity index (χ2n) is 6.30. The smallest absolute Gasteiger partial charge is 0.340 e. The van der Waals surface area contributed by atoms with Gasteiger partial charge in [-0.1, -0.05) is 42.1 Å². The number of thioether (sulfide) groups is 1. The maximum Gasteiger partial charge on any atom is 0.340 e. The lowest BCUT2D eigenvalue weighted by molar-refractivity contribution is 0.0525. The molecule has 1 aromatic carbocycles. The van der Waals surface area contributed by atoms with E-state index in [9.17, 15) is 9.59 Å². The minimum atomic E-state index is -0.425. The SMILES string of the molecule is CCOC(=O)c1c(C)[nH]c(C(=O)[C@@H](C)Sc2n[nH]c(-c3ccccc3)n2)c1C. The summed E-state index contributed by atoms with van der Waals surface area (Å²) in [6, 6.07) is 9.65. The molecule has 3 rings (SSSR count). The maximum absolute atomic E-state index is 12.9. The Hall–Kier alpha value is -2.87. The van der Waals surface area contributed by atoms with E-state index in [1.807, 2.05) is 30.3 Å². The molecule has 1 atom stereocenters. The summed E-state index contributed by atoms with van der Waals surface area (Å²) in [6.45, 7) is 7.34. The van der Waals surface area contributed by atoms with Crippen molar-refractivity contribution >= 4 is 23.5 Å². The van der Waals surface area contributed by atoms with Crippen LogP contribution in [0.25, 0.3) is 11.4 Å². The number of benzene rings is 1. The molecular weight excluding hydrogens is 376 g/mol. The van der Waals surface area contributed by atoms with Gasteiger partial charge in [0, 0.05) is 11.3 Å². The highest BCUT2D eigenvalue weighted by Gasteiger charge is 2.27. The quantitative estimate of drug-likeness (QED) is 0.355. The summed E-state index contributed by atoms with van der Waals surface area (Å²) in [5, 5.41) is 7.16. The third kappa shape index (κ3) is 4.01. The van der Waals surface area contributed by atoms with E-state index >= 15 is 0 Å². The lowest BCUT2D eigenvalue weighted by atomic mass is 10.1. The van der Waals surface area contributed by atoms with Crippen LogP contribution >= 0.6 is 11.8 Å². The number of nitrogens with zero attached hydrogens (tertiary/aromatic N) is 2. The first kappa shape index (κ1) is 19.9. The van der Waals surface area contributed by atoms with Gasteiger partial charge in [0.1, 0.15) is 0 Å². The number of H-pyrrole nitrogens is 2. The number of nitrogens with one attached hydrogen (secondary N) is 2. The number of rotatable bonds is 7. The predicted octanol–water partition coefficient (Wildman–Crippen LogP) is 3.96. The Morgan fingerprint density at radius 2 is 1.93 bits per heavy atom. The van der Waals surface area contributed by atoms with Gasteiger partial charge in [-0.15, -0.1) is 5.10 Å². The number of esters is 1. The number of Topliss-reactive ketones (excluding diaryl/α,β-unsaturated/α-hetero) is 1. The molecule has 0 fully saturated rings. The Labute approximate surface area is 167 Å². The van der Waals surface area contributed by atoms with Crippen LogP contribution in [-0.2, 0) is 4.74 Å². The van der Waals surface area contributed by atoms with Crippen LogP contribution in [0.3, 0.4) is 0 Å². The van der Waals surface area contributed by atoms with E-state index in [2.05, 4.69) is 20.2 Å². The Morgan fingerprint density at radius 3 is 2.61 bits per heavy atom. The zero-order chi connectivity index (χ0) is 20.3. The van der Waals surface area contributed by atoms with Crippen LogP contribution in [0.4, 0.5) is 0 Å². The van der Waals surface area contributed by atoms with Crippen molar-refractivity contribution < 1.29 is 14.3 Å². The molecule has 0 aliphatic heterocycles. The van der Waals surface area contributed by atoms with E-state index in [0.29, 0.717) is 33.5 Å².